The van der Waals surface area contributed by atoms with E-state index >= 15 is 0 Å². The molecule has 19 heavy (non-hydrogen) atoms. The lowest BCUT2D eigenvalue weighted by Gasteiger charge is -2.31. The Morgan fingerprint density at radius 1 is 1.42 bits per heavy atom. The van der Waals surface area contributed by atoms with Crippen molar-refractivity contribution in [2.24, 2.45) is 0 Å². The Balaban J connectivity index is 2.28. The smallest absolute Gasteiger partial charge is 0.415 e. The van der Waals surface area contributed by atoms with Crippen LogP contribution in [-0.4, -0.2) is 24.8 Å². The Labute approximate surface area is 114 Å². The van der Waals surface area contributed by atoms with Crippen LogP contribution in [0.25, 0.3) is 0 Å². The molecule has 1 aliphatic rings. The number of hydrogen-bond donors (Lipinski definition) is 0. The maximum Gasteiger partial charge on any atom is 0.415 e. The third-order valence-corrected chi connectivity index (χ3v) is 2.91. The van der Waals surface area contributed by atoms with Gasteiger partial charge in [-0.2, -0.15) is 0 Å². The number of hydrogen-bond acceptors (Lipinski definition) is 3. The zero-order valence-electron chi connectivity index (χ0n) is 12.0. The average Bonchev–Trinajstić information content (AvgIpc) is 2.35. The summed E-state index contributed by atoms with van der Waals surface area (Å²) in [6.07, 6.45) is 0.611. The van der Waals surface area contributed by atoms with Crippen LogP contribution in [0.4, 0.5) is 10.5 Å². The predicted octanol–water partition coefficient (Wildman–Crippen LogP) is 3.38. The van der Waals surface area contributed by atoms with Gasteiger partial charge in [0.2, 0.25) is 0 Å². The van der Waals surface area contributed by atoms with E-state index in [0.717, 1.165) is 17.9 Å². The van der Waals surface area contributed by atoms with E-state index < -0.39 is 5.60 Å². The van der Waals surface area contributed by atoms with Gasteiger partial charge in [-0.05, 0) is 44.9 Å². The van der Waals surface area contributed by atoms with Crippen LogP contribution in [0.3, 0.4) is 0 Å². The van der Waals surface area contributed by atoms with E-state index in [1.165, 1.54) is 5.56 Å². The molecule has 1 amide bonds. The molecule has 0 saturated heterocycles. The number of amides is 1. The van der Waals surface area contributed by atoms with E-state index in [9.17, 15) is 4.79 Å². The normalized spacial score (nSPS) is 14.6. The fourth-order valence-corrected chi connectivity index (χ4v) is 1.99. The lowest BCUT2D eigenvalue weighted by atomic mass is 10.1. The second kappa shape index (κ2) is 5.11. The van der Waals surface area contributed by atoms with E-state index in [4.69, 9.17) is 9.47 Å². The van der Waals surface area contributed by atoms with Crippen molar-refractivity contribution in [3.8, 4) is 5.75 Å². The van der Waals surface area contributed by atoms with Crippen LogP contribution in [0.15, 0.2) is 18.2 Å². The van der Waals surface area contributed by atoms with Crippen molar-refractivity contribution in [3.05, 3.63) is 23.8 Å². The lowest BCUT2D eigenvalue weighted by Crippen LogP contribution is -2.41. The van der Waals surface area contributed by atoms with Gasteiger partial charge in [0.25, 0.3) is 0 Å². The zero-order chi connectivity index (χ0) is 14.0. The van der Waals surface area contributed by atoms with Gasteiger partial charge in [-0.1, -0.05) is 13.0 Å². The van der Waals surface area contributed by atoms with Crippen molar-refractivity contribution in [1.82, 2.24) is 0 Å². The molecule has 0 unspecified atom stereocenters. The molecule has 1 aromatic carbocycles. The van der Waals surface area contributed by atoms with Gasteiger partial charge in [-0.3, -0.25) is 4.90 Å². The summed E-state index contributed by atoms with van der Waals surface area (Å²) in [5, 5.41) is 0. The minimum atomic E-state index is -0.488. The van der Waals surface area contributed by atoms with Crippen LogP contribution in [0.5, 0.6) is 5.75 Å². The molecule has 0 fully saturated rings. The van der Waals surface area contributed by atoms with Crippen LogP contribution < -0.4 is 9.64 Å². The topological polar surface area (TPSA) is 38.8 Å². The molecule has 0 spiro atoms. The van der Waals surface area contributed by atoms with E-state index in [1.54, 1.807) is 4.90 Å². The first-order valence-corrected chi connectivity index (χ1v) is 6.67. The summed E-state index contributed by atoms with van der Waals surface area (Å²) in [6.45, 7) is 8.72. The zero-order valence-corrected chi connectivity index (χ0v) is 12.0. The molecule has 1 aromatic rings. The Morgan fingerprint density at radius 2 is 2.16 bits per heavy atom. The summed E-state index contributed by atoms with van der Waals surface area (Å²) >= 11 is 0. The predicted molar refractivity (Wildman–Crippen MR) is 74.9 cm³/mol. The highest BCUT2D eigenvalue weighted by molar-refractivity contribution is 5.90. The van der Waals surface area contributed by atoms with Crippen LogP contribution >= 0.6 is 0 Å². The Kier molecular flexibility index (Phi) is 3.69. The van der Waals surface area contributed by atoms with Gasteiger partial charge < -0.3 is 9.47 Å². The molecular weight excluding hydrogens is 242 g/mol. The minimum Gasteiger partial charge on any atom is -0.490 e. The summed E-state index contributed by atoms with van der Waals surface area (Å²) in [5.41, 5.74) is 1.50. The molecule has 104 valence electrons. The number of carbonyl (C=O) groups excluding carboxylic acids is 1. The standard InChI is InChI=1S/C15H21NO3/c1-5-11-6-7-13-12(10-11)16(8-9-18-13)14(17)19-15(2,3)4/h6-7,10H,5,8-9H2,1-4H3. The SMILES string of the molecule is CCc1ccc2c(c1)N(C(=O)OC(C)(C)C)CCO2. The third-order valence-electron chi connectivity index (χ3n) is 2.91. The maximum atomic E-state index is 12.2. The molecule has 0 atom stereocenters. The molecule has 0 N–H and O–H groups in total. The third kappa shape index (κ3) is 3.19. The number of ether oxygens (including phenoxy) is 2. The molecule has 0 saturated carbocycles. The quantitative estimate of drug-likeness (QED) is 0.779. The highest BCUT2D eigenvalue weighted by atomic mass is 16.6. The van der Waals surface area contributed by atoms with Gasteiger partial charge >= 0.3 is 6.09 Å². The molecule has 4 nitrogen and oxygen atoms in total. The summed E-state index contributed by atoms with van der Waals surface area (Å²) in [4.78, 5) is 13.9. The Hall–Kier alpha value is -1.71. The first-order valence-electron chi connectivity index (χ1n) is 6.67. The monoisotopic (exact) mass is 263 g/mol. The van der Waals surface area contributed by atoms with E-state index in [-0.39, 0.29) is 6.09 Å². The molecule has 1 aliphatic heterocycles. The van der Waals surface area contributed by atoms with Crippen molar-refractivity contribution < 1.29 is 14.3 Å². The summed E-state index contributed by atoms with van der Waals surface area (Å²) in [7, 11) is 0. The molecule has 4 heteroatoms. The molecule has 0 aliphatic carbocycles. The molecule has 2 rings (SSSR count). The van der Waals surface area contributed by atoms with E-state index in [1.807, 2.05) is 39.0 Å². The fraction of sp³-hybridized carbons (Fsp3) is 0.533. The highest BCUT2D eigenvalue weighted by Crippen LogP contribution is 2.33. The van der Waals surface area contributed by atoms with Crippen LogP contribution in [0.2, 0.25) is 0 Å². The lowest BCUT2D eigenvalue weighted by molar-refractivity contribution is 0.0568. The average molecular weight is 263 g/mol. The van der Waals surface area contributed by atoms with Crippen LogP contribution in [0.1, 0.15) is 33.3 Å². The number of benzene rings is 1. The number of nitrogens with zero attached hydrogens (tertiary/aromatic N) is 1. The van der Waals surface area contributed by atoms with Crippen molar-refractivity contribution in [3.63, 3.8) is 0 Å². The molecule has 0 radical (unpaired) electrons. The van der Waals surface area contributed by atoms with Crippen molar-refractivity contribution >= 4 is 11.8 Å². The first-order chi connectivity index (χ1) is 8.90. The van der Waals surface area contributed by atoms with Gasteiger partial charge in [0.15, 0.2) is 0 Å². The minimum absolute atomic E-state index is 0.315. The van der Waals surface area contributed by atoms with E-state index in [2.05, 4.69) is 6.92 Å². The molecule has 0 bridgehead atoms. The fourth-order valence-electron chi connectivity index (χ4n) is 1.99. The van der Waals surface area contributed by atoms with Crippen LogP contribution in [-0.2, 0) is 11.2 Å². The van der Waals surface area contributed by atoms with Crippen molar-refractivity contribution in [1.29, 1.82) is 0 Å². The molecule has 0 aromatic heterocycles. The summed E-state index contributed by atoms with van der Waals surface area (Å²) in [6, 6.07) is 5.94. The molecule has 1 heterocycles. The van der Waals surface area contributed by atoms with Gasteiger partial charge in [-0.15, -0.1) is 0 Å². The number of rotatable bonds is 1. The van der Waals surface area contributed by atoms with Crippen molar-refractivity contribution in [2.45, 2.75) is 39.7 Å². The van der Waals surface area contributed by atoms with Gasteiger partial charge in [0.05, 0.1) is 12.2 Å². The molecular formula is C15H21NO3. The van der Waals surface area contributed by atoms with Gasteiger partial charge in [0.1, 0.15) is 18.0 Å². The Bertz CT molecular complexity index is 477. The second-order valence-corrected chi connectivity index (χ2v) is 5.64. The summed E-state index contributed by atoms with van der Waals surface area (Å²) in [5.74, 6) is 0.745. The van der Waals surface area contributed by atoms with Gasteiger partial charge in [0, 0.05) is 0 Å². The first kappa shape index (κ1) is 13.7. The van der Waals surface area contributed by atoms with Gasteiger partial charge in [-0.25, -0.2) is 4.79 Å². The Morgan fingerprint density at radius 3 is 2.79 bits per heavy atom. The number of aryl methyl sites for hydroxylation is 1. The van der Waals surface area contributed by atoms with Crippen LogP contribution in [0, 0.1) is 0 Å². The highest BCUT2D eigenvalue weighted by Gasteiger charge is 2.28. The number of fused-ring (bicyclic) bond motifs is 1. The maximum absolute atomic E-state index is 12.2. The van der Waals surface area contributed by atoms with E-state index in [0.29, 0.717) is 13.2 Å². The second-order valence-electron chi connectivity index (χ2n) is 5.64. The number of anilines is 1. The largest absolute Gasteiger partial charge is 0.490 e. The van der Waals surface area contributed by atoms with Crippen molar-refractivity contribution in [2.75, 3.05) is 18.1 Å². The number of carbonyl (C=O) groups is 1. The summed E-state index contributed by atoms with van der Waals surface area (Å²) < 4.78 is 11.0.